The van der Waals surface area contributed by atoms with Gasteiger partial charge in [0.15, 0.2) is 5.78 Å². The highest BCUT2D eigenvalue weighted by Crippen LogP contribution is 2.24. The van der Waals surface area contributed by atoms with Gasteiger partial charge in [-0.3, -0.25) is 4.79 Å². The molecule has 0 aromatic heterocycles. The number of nitrogens with two attached hydrogens (primary N) is 1. The number of carbonyl (C=O) groups excluding carboxylic acids is 1. The van der Waals surface area contributed by atoms with Crippen LogP contribution < -0.4 is 5.73 Å². The molecule has 1 aliphatic rings. The molecule has 1 aliphatic heterocycles. The van der Waals surface area contributed by atoms with Gasteiger partial charge < -0.3 is 10.5 Å². The zero-order valence-corrected chi connectivity index (χ0v) is 9.92. The maximum absolute atomic E-state index is 12.1. The summed E-state index contributed by atoms with van der Waals surface area (Å²) in [6.45, 7) is 5.53. The van der Waals surface area contributed by atoms with Crippen LogP contribution in [-0.2, 0) is 9.53 Å². The van der Waals surface area contributed by atoms with E-state index in [1.807, 2.05) is 0 Å². The molecule has 3 heteroatoms. The number of Topliss-reactive ketones (excluding diaryl/α,β-unsaturated/α-hetero) is 1. The SMILES string of the molecule is CCC(CC)CC(=O)C1(N)CCOCC1. The Labute approximate surface area is 92.4 Å². The number of rotatable bonds is 5. The molecule has 0 saturated carbocycles. The molecule has 0 bridgehead atoms. The van der Waals surface area contributed by atoms with Gasteiger partial charge in [-0.15, -0.1) is 0 Å². The van der Waals surface area contributed by atoms with E-state index in [0.29, 0.717) is 38.4 Å². The van der Waals surface area contributed by atoms with Crippen LogP contribution in [0.5, 0.6) is 0 Å². The van der Waals surface area contributed by atoms with Crippen molar-refractivity contribution in [3.8, 4) is 0 Å². The summed E-state index contributed by atoms with van der Waals surface area (Å²) in [5, 5.41) is 0. The first-order chi connectivity index (χ1) is 7.12. The molecule has 1 rings (SSSR count). The van der Waals surface area contributed by atoms with Gasteiger partial charge in [-0.2, -0.15) is 0 Å². The Balaban J connectivity index is 2.50. The van der Waals surface area contributed by atoms with Crippen LogP contribution in [0.2, 0.25) is 0 Å². The number of hydrogen-bond donors (Lipinski definition) is 1. The van der Waals surface area contributed by atoms with Crippen LogP contribution in [0.1, 0.15) is 46.0 Å². The molecule has 0 unspecified atom stereocenters. The van der Waals surface area contributed by atoms with Crippen molar-refractivity contribution in [3.05, 3.63) is 0 Å². The van der Waals surface area contributed by atoms with Gasteiger partial charge in [0.05, 0.1) is 5.54 Å². The highest BCUT2D eigenvalue weighted by molar-refractivity contribution is 5.88. The van der Waals surface area contributed by atoms with E-state index in [2.05, 4.69) is 13.8 Å². The Morgan fingerprint density at radius 1 is 1.33 bits per heavy atom. The summed E-state index contributed by atoms with van der Waals surface area (Å²) >= 11 is 0. The van der Waals surface area contributed by atoms with Gasteiger partial charge in [0.25, 0.3) is 0 Å². The zero-order chi connectivity index (χ0) is 11.3. The molecule has 1 heterocycles. The quantitative estimate of drug-likeness (QED) is 0.758. The summed E-state index contributed by atoms with van der Waals surface area (Å²) in [6, 6.07) is 0. The second kappa shape index (κ2) is 5.61. The predicted octanol–water partition coefficient (Wildman–Crippen LogP) is 1.89. The van der Waals surface area contributed by atoms with Crippen LogP contribution in [0, 0.1) is 5.92 Å². The molecule has 15 heavy (non-hydrogen) atoms. The number of ketones is 1. The summed E-state index contributed by atoms with van der Waals surface area (Å²) < 4.78 is 5.24. The van der Waals surface area contributed by atoms with Crippen molar-refractivity contribution < 1.29 is 9.53 Å². The minimum absolute atomic E-state index is 0.236. The van der Waals surface area contributed by atoms with Crippen molar-refractivity contribution in [2.45, 2.75) is 51.5 Å². The summed E-state index contributed by atoms with van der Waals surface area (Å²) in [4.78, 5) is 12.1. The van der Waals surface area contributed by atoms with Gasteiger partial charge in [0, 0.05) is 19.6 Å². The summed E-state index contributed by atoms with van der Waals surface area (Å²) in [5.41, 5.74) is 5.53. The largest absolute Gasteiger partial charge is 0.381 e. The van der Waals surface area contributed by atoms with Crippen molar-refractivity contribution >= 4 is 5.78 Å². The van der Waals surface area contributed by atoms with E-state index in [4.69, 9.17) is 10.5 Å². The highest BCUT2D eigenvalue weighted by Gasteiger charge is 2.35. The van der Waals surface area contributed by atoms with E-state index >= 15 is 0 Å². The average Bonchev–Trinajstić information content (AvgIpc) is 2.26. The van der Waals surface area contributed by atoms with E-state index in [9.17, 15) is 4.79 Å². The third-order valence-electron chi connectivity index (χ3n) is 3.57. The minimum atomic E-state index is -0.596. The molecule has 0 radical (unpaired) electrons. The second-order valence-electron chi connectivity index (χ2n) is 4.58. The molecule has 2 N–H and O–H groups in total. The lowest BCUT2D eigenvalue weighted by atomic mass is 9.81. The van der Waals surface area contributed by atoms with Crippen molar-refractivity contribution in [2.75, 3.05) is 13.2 Å². The fourth-order valence-electron chi connectivity index (χ4n) is 2.06. The Morgan fingerprint density at radius 3 is 2.33 bits per heavy atom. The van der Waals surface area contributed by atoms with E-state index in [-0.39, 0.29) is 5.78 Å². The fourth-order valence-corrected chi connectivity index (χ4v) is 2.06. The molecule has 0 spiro atoms. The average molecular weight is 213 g/mol. The van der Waals surface area contributed by atoms with Gasteiger partial charge in [-0.25, -0.2) is 0 Å². The Morgan fingerprint density at radius 2 is 1.87 bits per heavy atom. The van der Waals surface area contributed by atoms with Crippen molar-refractivity contribution in [1.29, 1.82) is 0 Å². The molecule has 0 aromatic rings. The first kappa shape index (κ1) is 12.7. The van der Waals surface area contributed by atoms with E-state index < -0.39 is 5.54 Å². The molecule has 1 fully saturated rings. The fraction of sp³-hybridized carbons (Fsp3) is 0.917. The molecule has 0 atom stereocenters. The monoisotopic (exact) mass is 213 g/mol. The normalized spacial score (nSPS) is 20.5. The molecule has 88 valence electrons. The Hall–Kier alpha value is -0.410. The zero-order valence-electron chi connectivity index (χ0n) is 9.92. The van der Waals surface area contributed by atoms with Gasteiger partial charge in [0.1, 0.15) is 0 Å². The number of ether oxygens (including phenoxy) is 1. The molecular formula is C12H23NO2. The lowest BCUT2D eigenvalue weighted by Crippen LogP contribution is -2.52. The molecule has 3 nitrogen and oxygen atoms in total. The lowest BCUT2D eigenvalue weighted by molar-refractivity contribution is -0.128. The number of hydrogen-bond acceptors (Lipinski definition) is 3. The second-order valence-corrected chi connectivity index (χ2v) is 4.58. The van der Waals surface area contributed by atoms with E-state index in [1.165, 1.54) is 0 Å². The van der Waals surface area contributed by atoms with E-state index in [1.54, 1.807) is 0 Å². The minimum Gasteiger partial charge on any atom is -0.381 e. The van der Waals surface area contributed by atoms with Crippen LogP contribution >= 0.6 is 0 Å². The summed E-state index contributed by atoms with van der Waals surface area (Å²) in [7, 11) is 0. The van der Waals surface area contributed by atoms with Crippen LogP contribution in [0.25, 0.3) is 0 Å². The molecule has 1 saturated heterocycles. The third-order valence-corrected chi connectivity index (χ3v) is 3.57. The maximum Gasteiger partial charge on any atom is 0.153 e. The maximum atomic E-state index is 12.1. The van der Waals surface area contributed by atoms with Crippen molar-refractivity contribution in [2.24, 2.45) is 11.7 Å². The molecule has 0 aromatic carbocycles. The summed E-state index contributed by atoms with van der Waals surface area (Å²) in [5.74, 6) is 0.736. The van der Waals surface area contributed by atoms with Crippen LogP contribution in [-0.4, -0.2) is 24.5 Å². The van der Waals surface area contributed by atoms with Gasteiger partial charge >= 0.3 is 0 Å². The topological polar surface area (TPSA) is 52.3 Å². The lowest BCUT2D eigenvalue weighted by Gasteiger charge is -2.32. The Bertz CT molecular complexity index is 206. The van der Waals surface area contributed by atoms with Gasteiger partial charge in [0.2, 0.25) is 0 Å². The smallest absolute Gasteiger partial charge is 0.153 e. The molecular weight excluding hydrogens is 190 g/mol. The van der Waals surface area contributed by atoms with E-state index in [0.717, 1.165) is 12.8 Å². The van der Waals surface area contributed by atoms with Crippen molar-refractivity contribution in [1.82, 2.24) is 0 Å². The van der Waals surface area contributed by atoms with Crippen molar-refractivity contribution in [3.63, 3.8) is 0 Å². The highest BCUT2D eigenvalue weighted by atomic mass is 16.5. The third kappa shape index (κ3) is 3.28. The first-order valence-corrected chi connectivity index (χ1v) is 6.02. The number of carbonyl (C=O) groups is 1. The van der Waals surface area contributed by atoms with Crippen LogP contribution in [0.4, 0.5) is 0 Å². The van der Waals surface area contributed by atoms with Gasteiger partial charge in [-0.05, 0) is 18.8 Å². The Kier molecular flexibility index (Phi) is 4.74. The van der Waals surface area contributed by atoms with Crippen LogP contribution in [0.15, 0.2) is 0 Å². The standard InChI is InChI=1S/C12H23NO2/c1-3-10(4-2)9-11(14)12(13)5-7-15-8-6-12/h10H,3-9,13H2,1-2H3. The summed E-state index contributed by atoms with van der Waals surface area (Å²) in [6.07, 6.45) is 4.14. The molecule has 0 amide bonds. The predicted molar refractivity (Wildman–Crippen MR) is 60.7 cm³/mol. The van der Waals surface area contributed by atoms with Crippen LogP contribution in [0.3, 0.4) is 0 Å². The molecule has 0 aliphatic carbocycles. The van der Waals surface area contributed by atoms with Gasteiger partial charge in [-0.1, -0.05) is 26.7 Å². The first-order valence-electron chi connectivity index (χ1n) is 6.02.